The zero-order chi connectivity index (χ0) is 15.4. The molecule has 0 fully saturated rings. The Morgan fingerprint density at radius 1 is 1.30 bits per heavy atom. The number of alkyl halides is 3. The van der Waals surface area contributed by atoms with E-state index in [0.29, 0.717) is 6.42 Å². The summed E-state index contributed by atoms with van der Waals surface area (Å²) in [7, 11) is 0. The molecule has 1 amide bonds. The molecule has 0 saturated carbocycles. The van der Waals surface area contributed by atoms with Crippen LogP contribution in [-0.2, 0) is 0 Å². The molecule has 0 aliphatic rings. The van der Waals surface area contributed by atoms with Gasteiger partial charge in [-0.3, -0.25) is 4.79 Å². The number of nitrogens with one attached hydrogen (secondary N) is 1. The molecule has 0 aliphatic heterocycles. The third-order valence-corrected chi connectivity index (χ3v) is 3.48. The molecule has 1 atom stereocenters. The molecule has 112 valence electrons. The van der Waals surface area contributed by atoms with E-state index in [1.807, 2.05) is 0 Å². The molecular weight excluding hydrogens is 291 g/mol. The number of carbonyl (C=O) groups excluding carboxylic acids is 1. The van der Waals surface area contributed by atoms with E-state index in [1.165, 1.54) is 24.3 Å². The van der Waals surface area contributed by atoms with Gasteiger partial charge >= 0.3 is 5.51 Å². The Labute approximate surface area is 119 Å². The number of hydrogen-bond acceptors (Lipinski definition) is 3. The van der Waals surface area contributed by atoms with Gasteiger partial charge in [-0.1, -0.05) is 6.92 Å². The lowest BCUT2D eigenvalue weighted by Crippen LogP contribution is -2.40. The Kier molecular flexibility index (Phi) is 5.47. The lowest BCUT2D eigenvalue weighted by molar-refractivity contribution is -0.0328. The lowest BCUT2D eigenvalue weighted by Gasteiger charge is -2.21. The van der Waals surface area contributed by atoms with Gasteiger partial charge in [0.05, 0.1) is 5.60 Å². The van der Waals surface area contributed by atoms with Crippen molar-refractivity contribution >= 4 is 17.7 Å². The van der Waals surface area contributed by atoms with Crippen molar-refractivity contribution < 1.29 is 23.1 Å². The number of hydrogen-bond donors (Lipinski definition) is 2. The first-order valence-corrected chi connectivity index (χ1v) is 6.81. The van der Waals surface area contributed by atoms with E-state index in [0.717, 1.165) is 0 Å². The van der Waals surface area contributed by atoms with Crippen LogP contribution in [0.25, 0.3) is 0 Å². The van der Waals surface area contributed by atoms with E-state index in [9.17, 15) is 23.1 Å². The number of aliphatic hydroxyl groups is 1. The van der Waals surface area contributed by atoms with Gasteiger partial charge in [-0.25, -0.2) is 0 Å². The SMILES string of the molecule is CCC(C)(O)CNC(=O)c1ccc(SC(F)(F)F)cc1. The maximum atomic E-state index is 12.1. The van der Waals surface area contributed by atoms with Gasteiger partial charge in [0.25, 0.3) is 5.91 Å². The molecule has 7 heteroatoms. The highest BCUT2D eigenvalue weighted by Gasteiger charge is 2.29. The van der Waals surface area contributed by atoms with Gasteiger partial charge in [0.15, 0.2) is 0 Å². The molecule has 1 aromatic rings. The fourth-order valence-electron chi connectivity index (χ4n) is 1.31. The summed E-state index contributed by atoms with van der Waals surface area (Å²) < 4.78 is 36.4. The number of halogens is 3. The van der Waals surface area contributed by atoms with Crippen LogP contribution in [0.1, 0.15) is 30.6 Å². The molecule has 20 heavy (non-hydrogen) atoms. The van der Waals surface area contributed by atoms with Gasteiger partial charge in [0.1, 0.15) is 0 Å². The van der Waals surface area contributed by atoms with Crippen molar-refractivity contribution in [3.8, 4) is 0 Å². The van der Waals surface area contributed by atoms with E-state index in [4.69, 9.17) is 0 Å². The third-order valence-electron chi connectivity index (χ3n) is 2.74. The predicted octanol–water partition coefficient (Wildman–Crippen LogP) is 3.19. The van der Waals surface area contributed by atoms with E-state index in [-0.39, 0.29) is 28.8 Å². The molecule has 1 rings (SSSR count). The van der Waals surface area contributed by atoms with E-state index >= 15 is 0 Å². The summed E-state index contributed by atoms with van der Waals surface area (Å²) in [5.74, 6) is -0.428. The van der Waals surface area contributed by atoms with Gasteiger partial charge in [-0.05, 0) is 49.4 Å². The van der Waals surface area contributed by atoms with Gasteiger partial charge in [0.2, 0.25) is 0 Å². The first-order chi connectivity index (χ1) is 9.13. The Morgan fingerprint density at radius 3 is 2.30 bits per heavy atom. The number of amides is 1. The lowest BCUT2D eigenvalue weighted by atomic mass is 10.0. The van der Waals surface area contributed by atoms with E-state index in [1.54, 1.807) is 13.8 Å². The zero-order valence-corrected chi connectivity index (χ0v) is 11.9. The summed E-state index contributed by atoms with van der Waals surface area (Å²) in [6, 6.07) is 5.13. The van der Waals surface area contributed by atoms with E-state index in [2.05, 4.69) is 5.32 Å². The van der Waals surface area contributed by atoms with Gasteiger partial charge in [-0.15, -0.1) is 0 Å². The van der Waals surface area contributed by atoms with Crippen molar-refractivity contribution in [1.29, 1.82) is 0 Å². The molecule has 0 saturated heterocycles. The summed E-state index contributed by atoms with van der Waals surface area (Å²) in [5, 5.41) is 12.3. The zero-order valence-electron chi connectivity index (χ0n) is 11.1. The molecule has 1 aromatic carbocycles. The highest BCUT2D eigenvalue weighted by Crippen LogP contribution is 2.36. The number of carbonyl (C=O) groups is 1. The first kappa shape index (κ1) is 16.8. The molecule has 2 N–H and O–H groups in total. The second kappa shape index (κ2) is 6.49. The fourth-order valence-corrected chi connectivity index (χ4v) is 1.85. The van der Waals surface area contributed by atoms with Crippen LogP contribution in [-0.4, -0.2) is 28.7 Å². The summed E-state index contributed by atoms with van der Waals surface area (Å²) in [6.07, 6.45) is 0.481. The Balaban J connectivity index is 2.62. The van der Waals surface area contributed by atoms with Crippen molar-refractivity contribution in [2.24, 2.45) is 0 Å². The number of benzene rings is 1. The molecule has 0 radical (unpaired) electrons. The summed E-state index contributed by atoms with van der Waals surface area (Å²) in [6.45, 7) is 3.47. The van der Waals surface area contributed by atoms with Crippen molar-refractivity contribution in [2.45, 2.75) is 36.3 Å². The average Bonchev–Trinajstić information content (AvgIpc) is 2.35. The largest absolute Gasteiger partial charge is 0.446 e. The minimum Gasteiger partial charge on any atom is -0.388 e. The fraction of sp³-hybridized carbons (Fsp3) is 0.462. The van der Waals surface area contributed by atoms with Crippen molar-refractivity contribution in [2.75, 3.05) is 6.54 Å². The van der Waals surface area contributed by atoms with Gasteiger partial charge in [-0.2, -0.15) is 13.2 Å². The molecule has 0 aromatic heterocycles. The maximum Gasteiger partial charge on any atom is 0.446 e. The van der Waals surface area contributed by atoms with E-state index < -0.39 is 17.0 Å². The molecule has 0 heterocycles. The van der Waals surface area contributed by atoms with Gasteiger partial charge in [0, 0.05) is 17.0 Å². The molecule has 0 bridgehead atoms. The number of rotatable bonds is 5. The van der Waals surface area contributed by atoms with Crippen LogP contribution in [0, 0.1) is 0 Å². The molecular formula is C13H16F3NO2S. The highest BCUT2D eigenvalue weighted by molar-refractivity contribution is 8.00. The van der Waals surface area contributed by atoms with Gasteiger partial charge < -0.3 is 10.4 Å². The smallest absolute Gasteiger partial charge is 0.388 e. The Bertz CT molecular complexity index is 458. The predicted molar refractivity (Wildman–Crippen MR) is 71.6 cm³/mol. The van der Waals surface area contributed by atoms with Crippen LogP contribution in [0.4, 0.5) is 13.2 Å². The second-order valence-corrected chi connectivity index (χ2v) is 5.74. The topological polar surface area (TPSA) is 49.3 Å². The Morgan fingerprint density at radius 2 is 1.85 bits per heavy atom. The quantitative estimate of drug-likeness (QED) is 0.821. The van der Waals surface area contributed by atoms with Crippen molar-refractivity contribution in [1.82, 2.24) is 5.32 Å². The maximum absolute atomic E-state index is 12.1. The molecule has 0 aliphatic carbocycles. The van der Waals surface area contributed by atoms with Crippen LogP contribution >= 0.6 is 11.8 Å². The van der Waals surface area contributed by atoms with Crippen LogP contribution in [0.3, 0.4) is 0 Å². The first-order valence-electron chi connectivity index (χ1n) is 5.99. The minimum absolute atomic E-state index is 0.0228. The second-order valence-electron chi connectivity index (χ2n) is 4.61. The third kappa shape index (κ3) is 5.83. The highest BCUT2D eigenvalue weighted by atomic mass is 32.2. The standard InChI is InChI=1S/C13H16F3NO2S/c1-3-12(2,19)8-17-11(18)9-4-6-10(7-5-9)20-13(14,15)16/h4-7,19H,3,8H2,1-2H3,(H,17,18). The monoisotopic (exact) mass is 307 g/mol. The minimum atomic E-state index is -4.34. The molecule has 0 spiro atoms. The summed E-state index contributed by atoms with van der Waals surface area (Å²) in [4.78, 5) is 11.8. The van der Waals surface area contributed by atoms with Crippen LogP contribution in [0.2, 0.25) is 0 Å². The van der Waals surface area contributed by atoms with Crippen molar-refractivity contribution in [3.05, 3.63) is 29.8 Å². The van der Waals surface area contributed by atoms with Crippen LogP contribution in [0.5, 0.6) is 0 Å². The normalized spacial score (nSPS) is 14.7. The summed E-state index contributed by atoms with van der Waals surface area (Å²) in [5.41, 5.74) is -5.09. The van der Waals surface area contributed by atoms with Crippen molar-refractivity contribution in [3.63, 3.8) is 0 Å². The summed E-state index contributed by atoms with van der Waals surface area (Å²) >= 11 is -0.229. The molecule has 1 unspecified atom stereocenters. The number of thioether (sulfide) groups is 1. The Hall–Kier alpha value is -1.21. The van der Waals surface area contributed by atoms with Crippen LogP contribution < -0.4 is 5.32 Å². The molecule has 3 nitrogen and oxygen atoms in total. The van der Waals surface area contributed by atoms with Crippen LogP contribution in [0.15, 0.2) is 29.2 Å². The average molecular weight is 307 g/mol.